The first kappa shape index (κ1) is 13.4. The third-order valence-corrected chi connectivity index (χ3v) is 2.07. The Kier molecular flexibility index (Phi) is 4.17. The molecule has 94 valence electrons. The van der Waals surface area contributed by atoms with E-state index < -0.39 is 16.9 Å². The Morgan fingerprint density at radius 3 is 2.78 bits per heavy atom. The summed E-state index contributed by atoms with van der Waals surface area (Å²) in [5.74, 6) is -0.845. The number of nitro benzene ring substituents is 1. The summed E-state index contributed by atoms with van der Waals surface area (Å²) in [7, 11) is 0. The van der Waals surface area contributed by atoms with Gasteiger partial charge in [-0.2, -0.15) is 5.26 Å². The van der Waals surface area contributed by atoms with Crippen molar-refractivity contribution in [1.29, 1.82) is 5.26 Å². The molecule has 1 atom stereocenters. The van der Waals surface area contributed by atoms with Crippen LogP contribution in [0.15, 0.2) is 18.2 Å². The number of hydrogen-bond donors (Lipinski definition) is 2. The number of carbonyl (C=O) groups is 1. The van der Waals surface area contributed by atoms with Crippen molar-refractivity contribution in [2.24, 2.45) is 11.5 Å². The van der Waals surface area contributed by atoms with Gasteiger partial charge in [-0.05, 0) is 12.1 Å². The topological polar surface area (TPSA) is 145 Å². The monoisotopic (exact) mass is 250 g/mol. The summed E-state index contributed by atoms with van der Waals surface area (Å²) in [6, 6.07) is 4.42. The first-order valence-corrected chi connectivity index (χ1v) is 4.82. The highest BCUT2D eigenvalue weighted by atomic mass is 16.6. The number of primary amides is 1. The number of benzene rings is 1. The molecule has 0 aliphatic heterocycles. The molecule has 0 saturated carbocycles. The Bertz CT molecular complexity index is 523. The minimum absolute atomic E-state index is 0.0734. The molecule has 4 N–H and O–H groups in total. The summed E-state index contributed by atoms with van der Waals surface area (Å²) >= 11 is 0. The highest BCUT2D eigenvalue weighted by Crippen LogP contribution is 2.27. The van der Waals surface area contributed by atoms with Crippen LogP contribution < -0.4 is 16.2 Å². The van der Waals surface area contributed by atoms with Gasteiger partial charge in [0.1, 0.15) is 12.6 Å². The van der Waals surface area contributed by atoms with E-state index in [1.807, 2.05) is 0 Å². The molecule has 0 fully saturated rings. The fourth-order valence-electron chi connectivity index (χ4n) is 1.11. The fraction of sp³-hybridized carbons (Fsp3) is 0.200. The van der Waals surface area contributed by atoms with Gasteiger partial charge in [-0.15, -0.1) is 0 Å². The predicted molar refractivity (Wildman–Crippen MR) is 60.5 cm³/mol. The zero-order chi connectivity index (χ0) is 13.7. The first-order valence-electron chi connectivity index (χ1n) is 4.82. The van der Waals surface area contributed by atoms with Gasteiger partial charge in [-0.3, -0.25) is 14.9 Å². The minimum atomic E-state index is -1.06. The molecule has 0 saturated heterocycles. The van der Waals surface area contributed by atoms with Crippen LogP contribution >= 0.6 is 0 Å². The normalized spacial score (nSPS) is 11.3. The molecule has 1 aromatic carbocycles. The van der Waals surface area contributed by atoms with Gasteiger partial charge >= 0.3 is 5.69 Å². The highest BCUT2D eigenvalue weighted by Gasteiger charge is 2.18. The van der Waals surface area contributed by atoms with Crippen LogP contribution in [-0.2, 0) is 4.79 Å². The van der Waals surface area contributed by atoms with Crippen molar-refractivity contribution in [2.45, 2.75) is 6.04 Å². The molecule has 0 aliphatic carbocycles. The maximum Gasteiger partial charge on any atom is 0.312 e. The van der Waals surface area contributed by atoms with Gasteiger partial charge in [-0.25, -0.2) is 0 Å². The molecular formula is C10H10N4O4. The zero-order valence-electron chi connectivity index (χ0n) is 9.20. The third kappa shape index (κ3) is 3.16. The van der Waals surface area contributed by atoms with Gasteiger partial charge in [0.05, 0.1) is 16.6 Å². The predicted octanol–water partition coefficient (Wildman–Crippen LogP) is -0.342. The number of rotatable bonds is 5. The number of carbonyl (C=O) groups excluding carboxylic acids is 1. The van der Waals surface area contributed by atoms with E-state index >= 15 is 0 Å². The summed E-state index contributed by atoms with van der Waals surface area (Å²) in [5.41, 5.74) is 10.0. The summed E-state index contributed by atoms with van der Waals surface area (Å²) in [5, 5.41) is 19.4. The van der Waals surface area contributed by atoms with Crippen molar-refractivity contribution in [3.05, 3.63) is 33.9 Å². The van der Waals surface area contributed by atoms with Crippen LogP contribution in [0, 0.1) is 21.4 Å². The molecule has 0 aromatic heterocycles. The van der Waals surface area contributed by atoms with E-state index in [9.17, 15) is 14.9 Å². The number of nitriles is 1. The Balaban J connectivity index is 2.92. The van der Waals surface area contributed by atoms with Gasteiger partial charge in [0, 0.05) is 6.07 Å². The summed E-state index contributed by atoms with van der Waals surface area (Å²) < 4.78 is 5.04. The molecule has 1 unspecified atom stereocenters. The standard InChI is InChI=1S/C10H10N4O4/c11-4-6-1-2-9(8(3-6)14(16)17)18-5-7(12)10(13)15/h1-3,7H,5,12H2,(H2,13,15). The Labute approximate surface area is 102 Å². The van der Waals surface area contributed by atoms with Crippen molar-refractivity contribution in [2.75, 3.05) is 6.61 Å². The van der Waals surface area contributed by atoms with Crippen molar-refractivity contribution in [3.63, 3.8) is 0 Å². The van der Waals surface area contributed by atoms with Crippen LogP contribution in [0.3, 0.4) is 0 Å². The summed E-state index contributed by atoms with van der Waals surface area (Å²) in [4.78, 5) is 20.8. The second-order valence-corrected chi connectivity index (χ2v) is 3.37. The van der Waals surface area contributed by atoms with Crippen molar-refractivity contribution in [3.8, 4) is 11.8 Å². The summed E-state index contributed by atoms with van der Waals surface area (Å²) in [6.45, 7) is -0.276. The lowest BCUT2D eigenvalue weighted by Crippen LogP contribution is -2.41. The van der Waals surface area contributed by atoms with Crippen molar-refractivity contribution >= 4 is 11.6 Å². The second kappa shape index (κ2) is 5.60. The van der Waals surface area contributed by atoms with E-state index in [1.54, 1.807) is 6.07 Å². The Hall–Kier alpha value is -2.66. The number of nitro groups is 1. The molecule has 0 spiro atoms. The molecule has 8 nitrogen and oxygen atoms in total. The van der Waals surface area contributed by atoms with Crippen LogP contribution in [0.4, 0.5) is 5.69 Å². The third-order valence-electron chi connectivity index (χ3n) is 2.07. The van der Waals surface area contributed by atoms with Gasteiger partial charge in [0.25, 0.3) is 0 Å². The van der Waals surface area contributed by atoms with Crippen LogP contribution in [0.5, 0.6) is 5.75 Å². The number of nitrogens with zero attached hydrogens (tertiary/aromatic N) is 2. The number of amides is 1. The highest BCUT2D eigenvalue weighted by molar-refractivity contribution is 5.79. The average Bonchev–Trinajstić information content (AvgIpc) is 2.35. The number of ether oxygens (including phenoxy) is 1. The van der Waals surface area contributed by atoms with E-state index in [0.29, 0.717) is 0 Å². The molecular weight excluding hydrogens is 240 g/mol. The molecule has 18 heavy (non-hydrogen) atoms. The van der Waals surface area contributed by atoms with Gasteiger partial charge in [0.2, 0.25) is 5.91 Å². The van der Waals surface area contributed by atoms with Gasteiger partial charge < -0.3 is 16.2 Å². The zero-order valence-corrected chi connectivity index (χ0v) is 9.20. The Morgan fingerprint density at radius 2 is 2.28 bits per heavy atom. The average molecular weight is 250 g/mol. The molecule has 1 aromatic rings. The SMILES string of the molecule is N#Cc1ccc(OCC(N)C(N)=O)c([N+](=O)[O-])c1. The molecule has 0 radical (unpaired) electrons. The largest absolute Gasteiger partial charge is 0.485 e. The van der Waals surface area contributed by atoms with E-state index in [1.165, 1.54) is 12.1 Å². The first-order chi connectivity index (χ1) is 8.45. The van der Waals surface area contributed by atoms with Crippen LogP contribution in [0.25, 0.3) is 0 Å². The summed E-state index contributed by atoms with van der Waals surface area (Å²) in [6.07, 6.45) is 0. The van der Waals surface area contributed by atoms with Crippen molar-refractivity contribution in [1.82, 2.24) is 0 Å². The minimum Gasteiger partial charge on any atom is -0.485 e. The maximum absolute atomic E-state index is 10.8. The van der Waals surface area contributed by atoms with Crippen LogP contribution in [0.1, 0.15) is 5.56 Å². The Morgan fingerprint density at radius 1 is 1.61 bits per heavy atom. The molecule has 1 amide bonds. The van der Waals surface area contributed by atoms with Gasteiger partial charge in [-0.1, -0.05) is 0 Å². The van der Waals surface area contributed by atoms with Gasteiger partial charge in [0.15, 0.2) is 5.75 Å². The maximum atomic E-state index is 10.8. The van der Waals surface area contributed by atoms with Crippen LogP contribution in [0.2, 0.25) is 0 Å². The van der Waals surface area contributed by atoms with Crippen molar-refractivity contribution < 1.29 is 14.5 Å². The second-order valence-electron chi connectivity index (χ2n) is 3.37. The van der Waals surface area contributed by atoms with E-state index in [4.69, 9.17) is 21.5 Å². The van der Waals surface area contributed by atoms with E-state index in [-0.39, 0.29) is 23.6 Å². The van der Waals surface area contributed by atoms with E-state index in [0.717, 1.165) is 6.07 Å². The molecule has 8 heteroatoms. The quantitative estimate of drug-likeness (QED) is 0.539. The lowest BCUT2D eigenvalue weighted by Gasteiger charge is -2.10. The number of hydrogen-bond acceptors (Lipinski definition) is 6. The fourth-order valence-corrected chi connectivity index (χ4v) is 1.11. The molecule has 0 aliphatic rings. The number of nitrogens with two attached hydrogens (primary N) is 2. The molecule has 0 bridgehead atoms. The van der Waals surface area contributed by atoms with E-state index in [2.05, 4.69) is 0 Å². The lowest BCUT2D eigenvalue weighted by atomic mass is 10.2. The van der Waals surface area contributed by atoms with Crippen LogP contribution in [-0.4, -0.2) is 23.5 Å². The molecule has 1 rings (SSSR count). The lowest BCUT2D eigenvalue weighted by molar-refractivity contribution is -0.385. The molecule has 0 heterocycles. The smallest absolute Gasteiger partial charge is 0.312 e.